The van der Waals surface area contributed by atoms with Gasteiger partial charge in [0.05, 0.1) is 0 Å². The number of rotatable bonds is 6. The molecule has 0 atom stereocenters. The molecule has 2 rings (SSSR count). The average molecular weight is 257 g/mol. The quantitative estimate of drug-likeness (QED) is 0.606. The predicted octanol–water partition coefficient (Wildman–Crippen LogP) is 4.45. The predicted molar refractivity (Wildman–Crippen MR) is 81.5 cm³/mol. The third-order valence-electron chi connectivity index (χ3n) is 2.81. The van der Waals surface area contributed by atoms with E-state index in [0.717, 1.165) is 18.7 Å². The van der Waals surface area contributed by atoms with Crippen molar-refractivity contribution >= 4 is 17.4 Å². The summed E-state index contributed by atoms with van der Waals surface area (Å²) in [6.45, 7) is 3.17. The van der Waals surface area contributed by atoms with Crippen molar-refractivity contribution in [3.05, 3.63) is 60.2 Å². The van der Waals surface area contributed by atoms with Gasteiger partial charge in [-0.3, -0.25) is 0 Å². The Balaban J connectivity index is 1.72. The molecule has 1 N–H and O–H groups in total. The Morgan fingerprint density at radius 2 is 1.67 bits per heavy atom. The third kappa shape index (κ3) is 4.11. The lowest BCUT2D eigenvalue weighted by atomic mass is 10.1. The van der Waals surface area contributed by atoms with Gasteiger partial charge < -0.3 is 5.32 Å². The van der Waals surface area contributed by atoms with Crippen LogP contribution in [0.4, 0.5) is 5.69 Å². The van der Waals surface area contributed by atoms with E-state index in [1.54, 1.807) is 0 Å². The molecule has 0 aliphatic carbocycles. The zero-order valence-corrected chi connectivity index (χ0v) is 11.5. The SMILES string of the molecule is CCc1ccc(NCCSc2ccccc2)cc1. The first kappa shape index (κ1) is 13.0. The van der Waals surface area contributed by atoms with Crippen molar-refractivity contribution < 1.29 is 0 Å². The maximum absolute atomic E-state index is 3.45. The second-order valence-corrected chi connectivity index (χ2v) is 5.31. The molecule has 0 bridgehead atoms. The van der Waals surface area contributed by atoms with Gasteiger partial charge in [0, 0.05) is 22.9 Å². The van der Waals surface area contributed by atoms with E-state index in [1.807, 2.05) is 11.8 Å². The van der Waals surface area contributed by atoms with E-state index in [1.165, 1.54) is 16.1 Å². The summed E-state index contributed by atoms with van der Waals surface area (Å²) < 4.78 is 0. The first-order chi connectivity index (χ1) is 8.88. The summed E-state index contributed by atoms with van der Waals surface area (Å²) in [5.41, 5.74) is 2.60. The summed E-state index contributed by atoms with van der Waals surface area (Å²) in [6, 6.07) is 19.2. The lowest BCUT2D eigenvalue weighted by Gasteiger charge is -2.07. The van der Waals surface area contributed by atoms with Crippen LogP contribution >= 0.6 is 11.8 Å². The van der Waals surface area contributed by atoms with Gasteiger partial charge in [-0.25, -0.2) is 0 Å². The summed E-state index contributed by atoms with van der Waals surface area (Å²) in [6.07, 6.45) is 1.10. The van der Waals surface area contributed by atoms with Gasteiger partial charge in [-0.05, 0) is 36.2 Å². The van der Waals surface area contributed by atoms with Crippen molar-refractivity contribution in [2.45, 2.75) is 18.2 Å². The van der Waals surface area contributed by atoms with Crippen molar-refractivity contribution in [1.29, 1.82) is 0 Å². The van der Waals surface area contributed by atoms with Crippen LogP contribution in [0.1, 0.15) is 12.5 Å². The van der Waals surface area contributed by atoms with Crippen LogP contribution in [0.25, 0.3) is 0 Å². The fourth-order valence-corrected chi connectivity index (χ4v) is 2.53. The minimum atomic E-state index is 0.991. The molecule has 0 unspecified atom stereocenters. The second-order valence-electron chi connectivity index (χ2n) is 4.14. The van der Waals surface area contributed by atoms with E-state index in [2.05, 4.69) is 66.8 Å². The van der Waals surface area contributed by atoms with Crippen LogP contribution in [-0.4, -0.2) is 12.3 Å². The zero-order chi connectivity index (χ0) is 12.6. The summed E-state index contributed by atoms with van der Waals surface area (Å²) in [4.78, 5) is 1.33. The molecule has 0 spiro atoms. The van der Waals surface area contributed by atoms with Gasteiger partial charge in [0.1, 0.15) is 0 Å². The molecule has 18 heavy (non-hydrogen) atoms. The van der Waals surface area contributed by atoms with E-state index in [-0.39, 0.29) is 0 Å². The van der Waals surface area contributed by atoms with Crippen molar-refractivity contribution in [2.75, 3.05) is 17.6 Å². The molecule has 0 aliphatic heterocycles. The van der Waals surface area contributed by atoms with Crippen molar-refractivity contribution in [2.24, 2.45) is 0 Å². The molecule has 0 amide bonds. The molecule has 2 aromatic rings. The average Bonchev–Trinajstić information content (AvgIpc) is 2.45. The second kappa shape index (κ2) is 7.12. The smallest absolute Gasteiger partial charge is 0.0340 e. The van der Waals surface area contributed by atoms with Gasteiger partial charge in [-0.2, -0.15) is 0 Å². The fraction of sp³-hybridized carbons (Fsp3) is 0.250. The normalized spacial score (nSPS) is 10.3. The molecule has 2 aromatic carbocycles. The molecule has 1 nitrogen and oxygen atoms in total. The summed E-state index contributed by atoms with van der Waals surface area (Å²) >= 11 is 1.88. The minimum Gasteiger partial charge on any atom is -0.384 e. The first-order valence-corrected chi connectivity index (χ1v) is 7.37. The van der Waals surface area contributed by atoms with Crippen LogP contribution in [0.2, 0.25) is 0 Å². The van der Waals surface area contributed by atoms with Gasteiger partial charge >= 0.3 is 0 Å². The highest BCUT2D eigenvalue weighted by Gasteiger charge is 1.94. The Bertz CT molecular complexity index is 450. The van der Waals surface area contributed by atoms with E-state index in [4.69, 9.17) is 0 Å². The number of thioether (sulfide) groups is 1. The van der Waals surface area contributed by atoms with Gasteiger partial charge in [0.25, 0.3) is 0 Å². The molecular formula is C16H19NS. The van der Waals surface area contributed by atoms with E-state index < -0.39 is 0 Å². The first-order valence-electron chi connectivity index (χ1n) is 6.39. The zero-order valence-electron chi connectivity index (χ0n) is 10.7. The molecule has 94 valence electrons. The Morgan fingerprint density at radius 3 is 2.33 bits per heavy atom. The Morgan fingerprint density at radius 1 is 0.944 bits per heavy atom. The molecular weight excluding hydrogens is 238 g/mol. The van der Waals surface area contributed by atoms with Crippen LogP contribution in [0.3, 0.4) is 0 Å². The van der Waals surface area contributed by atoms with Gasteiger partial charge in [-0.15, -0.1) is 11.8 Å². The highest BCUT2D eigenvalue weighted by atomic mass is 32.2. The lowest BCUT2D eigenvalue weighted by Crippen LogP contribution is -2.03. The standard InChI is InChI=1S/C16H19NS/c1-2-14-8-10-15(11-9-14)17-12-13-18-16-6-4-3-5-7-16/h3-11,17H,2,12-13H2,1H3. The number of hydrogen-bond donors (Lipinski definition) is 1. The lowest BCUT2D eigenvalue weighted by molar-refractivity contribution is 1.14. The Labute approximate surface area is 114 Å². The monoisotopic (exact) mass is 257 g/mol. The van der Waals surface area contributed by atoms with Crippen LogP contribution in [0, 0.1) is 0 Å². The molecule has 0 radical (unpaired) electrons. The number of aryl methyl sites for hydroxylation is 1. The summed E-state index contributed by atoms with van der Waals surface area (Å²) in [5, 5.41) is 3.45. The molecule has 0 fully saturated rings. The van der Waals surface area contributed by atoms with Crippen LogP contribution < -0.4 is 5.32 Å². The molecule has 2 heteroatoms. The molecule has 0 heterocycles. The van der Waals surface area contributed by atoms with Crippen molar-refractivity contribution in [1.82, 2.24) is 0 Å². The van der Waals surface area contributed by atoms with Crippen LogP contribution in [0.15, 0.2) is 59.5 Å². The van der Waals surface area contributed by atoms with Gasteiger partial charge in [-0.1, -0.05) is 37.3 Å². The van der Waals surface area contributed by atoms with Gasteiger partial charge in [0.15, 0.2) is 0 Å². The van der Waals surface area contributed by atoms with Gasteiger partial charge in [0.2, 0.25) is 0 Å². The number of benzene rings is 2. The largest absolute Gasteiger partial charge is 0.384 e. The molecule has 0 saturated carbocycles. The van der Waals surface area contributed by atoms with E-state index >= 15 is 0 Å². The van der Waals surface area contributed by atoms with Crippen molar-refractivity contribution in [3.8, 4) is 0 Å². The van der Waals surface area contributed by atoms with E-state index in [9.17, 15) is 0 Å². The van der Waals surface area contributed by atoms with E-state index in [0.29, 0.717) is 0 Å². The fourth-order valence-electron chi connectivity index (χ4n) is 1.74. The van der Waals surface area contributed by atoms with Crippen LogP contribution in [0.5, 0.6) is 0 Å². The van der Waals surface area contributed by atoms with Crippen molar-refractivity contribution in [3.63, 3.8) is 0 Å². The topological polar surface area (TPSA) is 12.0 Å². The number of nitrogens with one attached hydrogen (secondary N) is 1. The van der Waals surface area contributed by atoms with Crippen LogP contribution in [-0.2, 0) is 6.42 Å². The Kier molecular flexibility index (Phi) is 5.15. The maximum Gasteiger partial charge on any atom is 0.0340 e. The third-order valence-corrected chi connectivity index (χ3v) is 3.82. The molecule has 0 aromatic heterocycles. The number of anilines is 1. The minimum absolute atomic E-state index is 0.991. The molecule has 0 aliphatic rings. The highest BCUT2D eigenvalue weighted by molar-refractivity contribution is 7.99. The summed E-state index contributed by atoms with van der Waals surface area (Å²) in [5.74, 6) is 1.08. The molecule has 0 saturated heterocycles. The summed E-state index contributed by atoms with van der Waals surface area (Å²) in [7, 11) is 0. The Hall–Kier alpha value is -1.41. The highest BCUT2D eigenvalue weighted by Crippen LogP contribution is 2.17. The number of hydrogen-bond acceptors (Lipinski definition) is 2. The maximum atomic E-state index is 3.45.